The second-order valence-electron chi connectivity index (χ2n) is 5.08. The van der Waals surface area contributed by atoms with E-state index in [1.165, 1.54) is 0 Å². The summed E-state index contributed by atoms with van der Waals surface area (Å²) in [6, 6.07) is 18.1. The van der Waals surface area contributed by atoms with Gasteiger partial charge in [-0.2, -0.15) is 0 Å². The molecule has 2 aromatic rings. The highest BCUT2D eigenvalue weighted by Gasteiger charge is 2.21. The summed E-state index contributed by atoms with van der Waals surface area (Å²) >= 11 is 0. The first-order valence-electron chi connectivity index (χ1n) is 7.28. The second-order valence-corrected chi connectivity index (χ2v) is 5.08. The molecule has 0 aliphatic heterocycles. The van der Waals surface area contributed by atoms with Gasteiger partial charge in [-0.05, 0) is 31.2 Å². The highest BCUT2D eigenvalue weighted by molar-refractivity contribution is 5.98. The van der Waals surface area contributed by atoms with Crippen LogP contribution < -0.4 is 10.6 Å². The molecule has 4 heteroatoms. The summed E-state index contributed by atoms with van der Waals surface area (Å²) in [4.78, 5) is 24.5. The molecule has 1 atom stereocenters. The number of likely N-dealkylation sites (N-methyl/N-ethyl adjacent to an activating group) is 1. The third-order valence-corrected chi connectivity index (χ3v) is 3.36. The molecule has 22 heavy (non-hydrogen) atoms. The van der Waals surface area contributed by atoms with Crippen LogP contribution in [0, 0.1) is 0 Å². The molecule has 0 heterocycles. The lowest BCUT2D eigenvalue weighted by Gasteiger charge is -2.18. The largest absolute Gasteiger partial charge is 0.342 e. The van der Waals surface area contributed by atoms with Gasteiger partial charge in [-0.15, -0.1) is 0 Å². The zero-order chi connectivity index (χ0) is 15.8. The van der Waals surface area contributed by atoms with Crippen LogP contribution in [0.25, 0.3) is 0 Å². The van der Waals surface area contributed by atoms with Crippen molar-refractivity contribution in [1.82, 2.24) is 10.6 Å². The maximum Gasteiger partial charge on any atom is 0.251 e. The predicted molar refractivity (Wildman–Crippen MR) is 86.8 cm³/mol. The average Bonchev–Trinajstić information content (AvgIpc) is 2.56. The van der Waals surface area contributed by atoms with Crippen molar-refractivity contribution in [1.29, 1.82) is 0 Å². The molecule has 0 saturated carbocycles. The molecular formula is C18H20N2O2. The summed E-state index contributed by atoms with van der Waals surface area (Å²) in [5.41, 5.74) is 1.57. The molecule has 2 N–H and O–H groups in total. The fraction of sp³-hybridized carbons (Fsp3) is 0.222. The Balaban J connectivity index is 2.11. The van der Waals surface area contributed by atoms with E-state index in [9.17, 15) is 9.59 Å². The van der Waals surface area contributed by atoms with E-state index in [4.69, 9.17) is 0 Å². The lowest BCUT2D eigenvalue weighted by Crippen LogP contribution is -2.45. The molecule has 0 bridgehead atoms. The first-order valence-corrected chi connectivity index (χ1v) is 7.28. The minimum atomic E-state index is -0.539. The molecule has 0 aromatic heterocycles. The van der Waals surface area contributed by atoms with Crippen molar-refractivity contribution >= 4 is 11.7 Å². The first-order chi connectivity index (χ1) is 10.7. The van der Waals surface area contributed by atoms with Crippen LogP contribution in [0.3, 0.4) is 0 Å². The van der Waals surface area contributed by atoms with Crippen molar-refractivity contribution in [2.75, 3.05) is 13.6 Å². The summed E-state index contributed by atoms with van der Waals surface area (Å²) in [6.07, 6.45) is 0.486. The SMILES string of the molecule is CNCC(=O)C(Cc1ccccc1)NC(=O)c1ccccc1. The van der Waals surface area contributed by atoms with Gasteiger partial charge in [-0.25, -0.2) is 0 Å². The normalized spacial score (nSPS) is 11.7. The van der Waals surface area contributed by atoms with Crippen LogP contribution >= 0.6 is 0 Å². The van der Waals surface area contributed by atoms with Gasteiger partial charge in [0.15, 0.2) is 5.78 Å². The van der Waals surface area contributed by atoms with Crippen LogP contribution in [0.1, 0.15) is 15.9 Å². The fourth-order valence-electron chi connectivity index (χ4n) is 2.22. The van der Waals surface area contributed by atoms with Gasteiger partial charge in [0.25, 0.3) is 5.91 Å². The van der Waals surface area contributed by atoms with E-state index in [1.54, 1.807) is 31.3 Å². The summed E-state index contributed by atoms with van der Waals surface area (Å²) in [6.45, 7) is 0.229. The predicted octanol–water partition coefficient (Wildman–Crippen LogP) is 1.82. The summed E-state index contributed by atoms with van der Waals surface area (Å²) in [5.74, 6) is -0.262. The Morgan fingerprint density at radius 1 is 0.955 bits per heavy atom. The molecule has 0 radical (unpaired) electrons. The van der Waals surface area contributed by atoms with Crippen LogP contribution in [0.15, 0.2) is 60.7 Å². The van der Waals surface area contributed by atoms with Gasteiger partial charge in [0.1, 0.15) is 0 Å². The van der Waals surface area contributed by atoms with Crippen molar-refractivity contribution in [3.63, 3.8) is 0 Å². The number of carbonyl (C=O) groups is 2. The smallest absolute Gasteiger partial charge is 0.251 e. The third kappa shape index (κ3) is 4.53. The van der Waals surface area contributed by atoms with Crippen molar-refractivity contribution < 1.29 is 9.59 Å². The molecule has 1 amide bonds. The number of ketones is 1. The number of carbonyl (C=O) groups excluding carboxylic acids is 2. The standard InChI is InChI=1S/C18H20N2O2/c1-19-13-17(21)16(12-14-8-4-2-5-9-14)20-18(22)15-10-6-3-7-11-15/h2-11,16,19H,12-13H2,1H3,(H,20,22). The zero-order valence-corrected chi connectivity index (χ0v) is 12.6. The lowest BCUT2D eigenvalue weighted by atomic mass is 10.0. The van der Waals surface area contributed by atoms with Gasteiger partial charge in [-0.1, -0.05) is 48.5 Å². The minimum Gasteiger partial charge on any atom is -0.342 e. The average molecular weight is 296 g/mol. The van der Waals surface area contributed by atoms with E-state index in [0.717, 1.165) is 5.56 Å². The monoisotopic (exact) mass is 296 g/mol. The number of hydrogen-bond acceptors (Lipinski definition) is 3. The Labute approximate surface area is 130 Å². The topological polar surface area (TPSA) is 58.2 Å². The zero-order valence-electron chi connectivity index (χ0n) is 12.6. The number of rotatable bonds is 7. The Hall–Kier alpha value is -2.46. The van der Waals surface area contributed by atoms with E-state index >= 15 is 0 Å². The molecule has 1 unspecified atom stereocenters. The van der Waals surface area contributed by atoms with E-state index < -0.39 is 6.04 Å². The Morgan fingerprint density at radius 3 is 2.14 bits per heavy atom. The Morgan fingerprint density at radius 2 is 1.55 bits per heavy atom. The van der Waals surface area contributed by atoms with Crippen LogP contribution in [0.2, 0.25) is 0 Å². The molecule has 114 valence electrons. The van der Waals surface area contributed by atoms with E-state index in [1.807, 2.05) is 36.4 Å². The number of Topliss-reactive ketones (excluding diaryl/α,β-unsaturated/α-hetero) is 1. The molecule has 0 aliphatic rings. The molecule has 4 nitrogen and oxygen atoms in total. The molecule has 2 aromatic carbocycles. The van der Waals surface area contributed by atoms with Crippen LogP contribution in [-0.2, 0) is 11.2 Å². The number of benzene rings is 2. The van der Waals surface area contributed by atoms with Gasteiger partial charge in [0.05, 0.1) is 12.6 Å². The fourth-order valence-corrected chi connectivity index (χ4v) is 2.22. The van der Waals surface area contributed by atoms with Crippen LogP contribution in [0.5, 0.6) is 0 Å². The summed E-state index contributed by atoms with van der Waals surface area (Å²) in [5, 5.41) is 5.68. The minimum absolute atomic E-state index is 0.0318. The van der Waals surface area contributed by atoms with Gasteiger partial charge >= 0.3 is 0 Å². The number of amides is 1. The number of nitrogens with one attached hydrogen (secondary N) is 2. The van der Waals surface area contributed by atoms with Crippen molar-refractivity contribution in [3.8, 4) is 0 Å². The number of hydrogen-bond donors (Lipinski definition) is 2. The highest BCUT2D eigenvalue weighted by Crippen LogP contribution is 2.06. The van der Waals surface area contributed by atoms with Crippen molar-refractivity contribution in [3.05, 3.63) is 71.8 Å². The van der Waals surface area contributed by atoms with Gasteiger partial charge in [0.2, 0.25) is 0 Å². The Kier molecular flexibility index (Phi) is 5.86. The third-order valence-electron chi connectivity index (χ3n) is 3.36. The molecule has 0 fully saturated rings. The van der Waals surface area contributed by atoms with E-state index in [-0.39, 0.29) is 18.2 Å². The molecular weight excluding hydrogens is 276 g/mol. The maximum absolute atomic E-state index is 12.3. The van der Waals surface area contributed by atoms with Crippen LogP contribution in [0.4, 0.5) is 0 Å². The maximum atomic E-state index is 12.3. The van der Waals surface area contributed by atoms with Gasteiger partial charge in [0, 0.05) is 5.56 Å². The van der Waals surface area contributed by atoms with Gasteiger partial charge < -0.3 is 10.6 Å². The Bertz CT molecular complexity index is 611. The molecule has 0 spiro atoms. The van der Waals surface area contributed by atoms with Crippen molar-refractivity contribution in [2.45, 2.75) is 12.5 Å². The summed E-state index contributed by atoms with van der Waals surface area (Å²) < 4.78 is 0. The quantitative estimate of drug-likeness (QED) is 0.819. The second kappa shape index (κ2) is 8.10. The van der Waals surface area contributed by atoms with E-state index in [2.05, 4.69) is 10.6 Å². The van der Waals surface area contributed by atoms with Gasteiger partial charge in [-0.3, -0.25) is 9.59 Å². The van der Waals surface area contributed by atoms with Crippen molar-refractivity contribution in [2.24, 2.45) is 0 Å². The molecule has 0 saturated heterocycles. The highest BCUT2D eigenvalue weighted by atomic mass is 16.2. The molecule has 0 aliphatic carbocycles. The van der Waals surface area contributed by atoms with Crippen LogP contribution in [-0.4, -0.2) is 31.3 Å². The first kappa shape index (κ1) is 15.9. The molecule has 2 rings (SSSR count). The summed E-state index contributed by atoms with van der Waals surface area (Å²) in [7, 11) is 1.72. The van der Waals surface area contributed by atoms with E-state index in [0.29, 0.717) is 12.0 Å². The lowest BCUT2D eigenvalue weighted by molar-refractivity contribution is -0.119.